The predicted octanol–water partition coefficient (Wildman–Crippen LogP) is 1.84. The molecule has 1 amide bonds. The molecule has 2 heterocycles. The molecule has 0 fully saturated rings. The Morgan fingerprint density at radius 2 is 2.10 bits per heavy atom. The first-order chi connectivity index (χ1) is 10.0. The van der Waals surface area contributed by atoms with Crippen molar-refractivity contribution in [3.05, 3.63) is 51.3 Å². The van der Waals surface area contributed by atoms with E-state index in [2.05, 4.69) is 5.10 Å². The summed E-state index contributed by atoms with van der Waals surface area (Å²) in [6, 6.07) is 7.57. The summed E-state index contributed by atoms with van der Waals surface area (Å²) in [5, 5.41) is 15.2. The number of carbonyl (C=O) groups is 1. The van der Waals surface area contributed by atoms with Crippen LogP contribution in [0.4, 0.5) is 11.4 Å². The highest BCUT2D eigenvalue weighted by Crippen LogP contribution is 2.31. The Labute approximate surface area is 120 Å². The summed E-state index contributed by atoms with van der Waals surface area (Å²) in [6.45, 7) is 2.10. The van der Waals surface area contributed by atoms with Gasteiger partial charge in [-0.2, -0.15) is 5.10 Å². The summed E-state index contributed by atoms with van der Waals surface area (Å²) in [6.07, 6.45) is 0.752. The van der Waals surface area contributed by atoms with Crippen LogP contribution in [0.3, 0.4) is 0 Å². The van der Waals surface area contributed by atoms with E-state index in [0.29, 0.717) is 12.2 Å². The van der Waals surface area contributed by atoms with Gasteiger partial charge in [0.25, 0.3) is 5.91 Å². The van der Waals surface area contributed by atoms with Crippen LogP contribution >= 0.6 is 0 Å². The third-order valence-corrected chi connectivity index (χ3v) is 3.82. The number of benzene rings is 1. The average molecular weight is 286 g/mol. The van der Waals surface area contributed by atoms with Crippen molar-refractivity contribution < 1.29 is 9.72 Å². The lowest BCUT2D eigenvalue weighted by atomic mass is 10.2. The smallest absolute Gasteiger partial charge is 0.306 e. The minimum atomic E-state index is -0.544. The number of nitro groups is 1. The zero-order chi connectivity index (χ0) is 15.1. The molecule has 0 saturated heterocycles. The van der Waals surface area contributed by atoms with Gasteiger partial charge in [-0.1, -0.05) is 18.2 Å². The lowest BCUT2D eigenvalue weighted by molar-refractivity contribution is -0.385. The highest BCUT2D eigenvalue weighted by molar-refractivity contribution is 6.08. The average Bonchev–Trinajstić information content (AvgIpc) is 3.00. The van der Waals surface area contributed by atoms with E-state index in [0.717, 1.165) is 17.7 Å². The van der Waals surface area contributed by atoms with Crippen molar-refractivity contribution in [3.8, 4) is 0 Å². The maximum Gasteiger partial charge on any atom is 0.322 e. The van der Waals surface area contributed by atoms with Gasteiger partial charge in [0.2, 0.25) is 5.69 Å². The van der Waals surface area contributed by atoms with Gasteiger partial charge < -0.3 is 4.90 Å². The van der Waals surface area contributed by atoms with Crippen molar-refractivity contribution in [1.29, 1.82) is 0 Å². The number of aryl methyl sites for hydroxylation is 1. The molecule has 0 spiro atoms. The van der Waals surface area contributed by atoms with E-state index in [1.165, 1.54) is 4.68 Å². The Hall–Kier alpha value is -2.70. The Bertz CT molecular complexity index is 751. The second-order valence-corrected chi connectivity index (χ2v) is 5.00. The summed E-state index contributed by atoms with van der Waals surface area (Å²) >= 11 is 0. The quantitative estimate of drug-likeness (QED) is 0.623. The highest BCUT2D eigenvalue weighted by Gasteiger charge is 2.34. The molecule has 0 radical (unpaired) electrons. The Balaban J connectivity index is 2.05. The van der Waals surface area contributed by atoms with E-state index in [4.69, 9.17) is 0 Å². The van der Waals surface area contributed by atoms with Gasteiger partial charge in [0, 0.05) is 19.3 Å². The zero-order valence-corrected chi connectivity index (χ0v) is 11.7. The molecule has 1 aromatic carbocycles. The monoisotopic (exact) mass is 286 g/mol. The number of anilines is 1. The molecule has 0 N–H and O–H groups in total. The van der Waals surface area contributed by atoms with E-state index in [1.54, 1.807) is 18.9 Å². The van der Waals surface area contributed by atoms with Gasteiger partial charge in [-0.15, -0.1) is 0 Å². The number of para-hydroxylation sites is 1. The van der Waals surface area contributed by atoms with Gasteiger partial charge in [0.1, 0.15) is 5.69 Å². The highest BCUT2D eigenvalue weighted by atomic mass is 16.6. The maximum atomic E-state index is 12.6. The molecule has 7 nitrogen and oxygen atoms in total. The van der Waals surface area contributed by atoms with Gasteiger partial charge in [-0.3, -0.25) is 19.6 Å². The van der Waals surface area contributed by atoms with Crippen LogP contribution in [0.2, 0.25) is 0 Å². The number of carbonyl (C=O) groups excluding carboxylic acids is 1. The Morgan fingerprint density at radius 3 is 2.81 bits per heavy atom. The van der Waals surface area contributed by atoms with E-state index >= 15 is 0 Å². The molecule has 1 aromatic heterocycles. The van der Waals surface area contributed by atoms with Gasteiger partial charge in [0.15, 0.2) is 0 Å². The van der Waals surface area contributed by atoms with Crippen molar-refractivity contribution in [2.24, 2.45) is 7.05 Å². The molecule has 3 rings (SSSR count). The van der Waals surface area contributed by atoms with Gasteiger partial charge in [-0.25, -0.2) is 0 Å². The van der Waals surface area contributed by atoms with E-state index < -0.39 is 10.8 Å². The standard InChI is InChI=1S/C14H14N4O3/c1-9-13(18(20)21)12(15-16(9)2)14(19)17-8-7-10-5-3-4-6-11(10)17/h3-6H,7-8H2,1-2H3. The number of hydrogen-bond donors (Lipinski definition) is 0. The van der Waals surface area contributed by atoms with E-state index in [9.17, 15) is 14.9 Å². The fraction of sp³-hybridized carbons (Fsp3) is 0.286. The summed E-state index contributed by atoms with van der Waals surface area (Å²) in [5.74, 6) is -0.421. The van der Waals surface area contributed by atoms with Crippen LogP contribution in [-0.4, -0.2) is 27.2 Å². The summed E-state index contributed by atoms with van der Waals surface area (Å²) in [4.78, 5) is 24.9. The number of fused-ring (bicyclic) bond motifs is 1. The number of rotatable bonds is 2. The molecule has 1 aliphatic heterocycles. The summed E-state index contributed by atoms with van der Waals surface area (Å²) in [5.41, 5.74) is 1.93. The van der Waals surface area contributed by atoms with Crippen LogP contribution < -0.4 is 4.90 Å². The fourth-order valence-electron chi connectivity index (χ4n) is 2.64. The molecule has 0 bridgehead atoms. The first kappa shape index (κ1) is 13.3. The molecule has 21 heavy (non-hydrogen) atoms. The van der Waals surface area contributed by atoms with Crippen molar-refractivity contribution in [2.75, 3.05) is 11.4 Å². The van der Waals surface area contributed by atoms with Crippen LogP contribution in [0.25, 0.3) is 0 Å². The predicted molar refractivity (Wildman–Crippen MR) is 76.4 cm³/mol. The minimum Gasteiger partial charge on any atom is -0.306 e. The topological polar surface area (TPSA) is 81.3 Å². The van der Waals surface area contributed by atoms with Gasteiger partial charge >= 0.3 is 5.69 Å². The molecule has 108 valence electrons. The normalized spacial score (nSPS) is 13.3. The number of nitrogens with zero attached hydrogens (tertiary/aromatic N) is 4. The number of aromatic nitrogens is 2. The first-order valence-corrected chi connectivity index (χ1v) is 6.58. The molecule has 1 aliphatic rings. The maximum absolute atomic E-state index is 12.6. The third-order valence-electron chi connectivity index (χ3n) is 3.82. The first-order valence-electron chi connectivity index (χ1n) is 6.58. The molecule has 0 saturated carbocycles. The molecular weight excluding hydrogens is 272 g/mol. The van der Waals surface area contributed by atoms with Crippen LogP contribution in [0.1, 0.15) is 21.7 Å². The van der Waals surface area contributed by atoms with Crippen molar-refractivity contribution >= 4 is 17.3 Å². The molecular formula is C14H14N4O3. The SMILES string of the molecule is Cc1c([N+](=O)[O-])c(C(=O)N2CCc3ccccc32)nn1C. The second kappa shape index (κ2) is 4.69. The van der Waals surface area contributed by atoms with E-state index in [-0.39, 0.29) is 11.4 Å². The van der Waals surface area contributed by atoms with Crippen LogP contribution in [0, 0.1) is 17.0 Å². The van der Waals surface area contributed by atoms with Crippen LogP contribution in [0.5, 0.6) is 0 Å². The summed E-state index contributed by atoms with van der Waals surface area (Å²) in [7, 11) is 1.59. The van der Waals surface area contributed by atoms with Crippen molar-refractivity contribution in [2.45, 2.75) is 13.3 Å². The largest absolute Gasteiger partial charge is 0.322 e. The molecule has 0 aliphatic carbocycles. The Morgan fingerprint density at radius 1 is 1.38 bits per heavy atom. The molecule has 0 atom stereocenters. The van der Waals surface area contributed by atoms with Crippen molar-refractivity contribution in [1.82, 2.24) is 9.78 Å². The third kappa shape index (κ3) is 1.97. The molecule has 0 unspecified atom stereocenters. The Kier molecular flexibility index (Phi) is 2.97. The van der Waals surface area contributed by atoms with E-state index in [1.807, 2.05) is 24.3 Å². The van der Waals surface area contributed by atoms with Crippen LogP contribution in [0.15, 0.2) is 24.3 Å². The van der Waals surface area contributed by atoms with Crippen LogP contribution in [-0.2, 0) is 13.5 Å². The lowest BCUT2D eigenvalue weighted by Crippen LogP contribution is -2.29. The molecule has 7 heteroatoms. The lowest BCUT2D eigenvalue weighted by Gasteiger charge is -2.15. The number of amides is 1. The second-order valence-electron chi connectivity index (χ2n) is 5.00. The van der Waals surface area contributed by atoms with Gasteiger partial charge in [-0.05, 0) is 25.0 Å². The number of hydrogen-bond acceptors (Lipinski definition) is 4. The minimum absolute atomic E-state index is 0.100. The fourth-order valence-corrected chi connectivity index (χ4v) is 2.64. The van der Waals surface area contributed by atoms with Gasteiger partial charge in [0.05, 0.1) is 4.92 Å². The van der Waals surface area contributed by atoms with Crippen molar-refractivity contribution in [3.63, 3.8) is 0 Å². The molecule has 2 aromatic rings. The summed E-state index contributed by atoms with van der Waals surface area (Å²) < 4.78 is 1.37. The zero-order valence-electron chi connectivity index (χ0n) is 11.7.